The number of rotatable bonds is 8. The Bertz CT molecular complexity index is 179. The van der Waals surface area contributed by atoms with Gasteiger partial charge in [0.05, 0.1) is 19.8 Å². The van der Waals surface area contributed by atoms with E-state index >= 15 is 0 Å². The third kappa shape index (κ3) is 6.72. The van der Waals surface area contributed by atoms with Gasteiger partial charge in [-0.3, -0.25) is 4.79 Å². The van der Waals surface area contributed by atoms with Crippen molar-refractivity contribution in [3.8, 4) is 0 Å². The fourth-order valence-corrected chi connectivity index (χ4v) is 1.98. The number of aliphatic hydroxyl groups excluding tert-OH is 2. The highest BCUT2D eigenvalue weighted by Gasteiger charge is 2.17. The number of esters is 1. The molecule has 2 atom stereocenters. The van der Waals surface area contributed by atoms with Crippen LogP contribution in [-0.4, -0.2) is 60.1 Å². The zero-order chi connectivity index (χ0) is 11.7. The second-order valence-corrected chi connectivity index (χ2v) is 4.08. The standard InChI is InChI=1S/C9H19NO4S/c1-3-10-8(9(13)14-2)6-15-5-7(12)4-11/h7-8,10-12H,3-6H2,1-2H3. The van der Waals surface area contributed by atoms with Crippen molar-refractivity contribution < 1.29 is 19.7 Å². The maximum atomic E-state index is 11.2. The highest BCUT2D eigenvalue weighted by molar-refractivity contribution is 7.99. The van der Waals surface area contributed by atoms with Crippen LogP contribution in [0.3, 0.4) is 0 Å². The predicted molar refractivity (Wildman–Crippen MR) is 59.9 cm³/mol. The molecule has 15 heavy (non-hydrogen) atoms. The molecule has 0 fully saturated rings. The number of nitrogens with one attached hydrogen (secondary N) is 1. The fourth-order valence-electron chi connectivity index (χ4n) is 0.974. The van der Waals surface area contributed by atoms with E-state index in [9.17, 15) is 4.79 Å². The summed E-state index contributed by atoms with van der Waals surface area (Å²) in [5.41, 5.74) is 0. The molecule has 0 rings (SSSR count). The van der Waals surface area contributed by atoms with Crippen LogP contribution in [0, 0.1) is 0 Å². The lowest BCUT2D eigenvalue weighted by molar-refractivity contribution is -0.142. The Morgan fingerprint density at radius 1 is 1.53 bits per heavy atom. The van der Waals surface area contributed by atoms with Crippen LogP contribution < -0.4 is 5.32 Å². The molecule has 0 aliphatic heterocycles. The van der Waals surface area contributed by atoms with Gasteiger partial charge in [-0.1, -0.05) is 6.92 Å². The number of aliphatic hydroxyl groups is 2. The van der Waals surface area contributed by atoms with Crippen molar-refractivity contribution in [2.45, 2.75) is 19.1 Å². The van der Waals surface area contributed by atoms with Gasteiger partial charge in [-0.2, -0.15) is 11.8 Å². The summed E-state index contributed by atoms with van der Waals surface area (Å²) in [5, 5.41) is 20.7. The van der Waals surface area contributed by atoms with Crippen LogP contribution in [0.1, 0.15) is 6.92 Å². The van der Waals surface area contributed by atoms with Crippen LogP contribution >= 0.6 is 11.8 Å². The summed E-state index contributed by atoms with van der Waals surface area (Å²) in [4.78, 5) is 11.2. The van der Waals surface area contributed by atoms with Crippen molar-refractivity contribution in [2.75, 3.05) is 31.8 Å². The zero-order valence-electron chi connectivity index (χ0n) is 9.10. The van der Waals surface area contributed by atoms with E-state index in [1.165, 1.54) is 18.9 Å². The molecule has 90 valence electrons. The molecule has 0 aliphatic rings. The Morgan fingerprint density at radius 2 is 2.20 bits per heavy atom. The molecular formula is C9H19NO4S. The Labute approximate surface area is 94.2 Å². The molecule has 0 saturated heterocycles. The molecule has 0 saturated carbocycles. The van der Waals surface area contributed by atoms with E-state index in [0.29, 0.717) is 18.1 Å². The quantitative estimate of drug-likeness (QED) is 0.481. The molecule has 3 N–H and O–H groups in total. The molecule has 6 heteroatoms. The average Bonchev–Trinajstić information content (AvgIpc) is 2.26. The largest absolute Gasteiger partial charge is 0.468 e. The van der Waals surface area contributed by atoms with Crippen LogP contribution in [0.15, 0.2) is 0 Å². The third-order valence-corrected chi connectivity index (χ3v) is 2.93. The molecule has 5 nitrogen and oxygen atoms in total. The summed E-state index contributed by atoms with van der Waals surface area (Å²) in [6, 6.07) is -0.351. The Balaban J connectivity index is 3.80. The minimum Gasteiger partial charge on any atom is -0.468 e. The van der Waals surface area contributed by atoms with Crippen molar-refractivity contribution in [1.82, 2.24) is 5.32 Å². The van der Waals surface area contributed by atoms with Crippen LogP contribution in [0.5, 0.6) is 0 Å². The number of thioether (sulfide) groups is 1. The van der Waals surface area contributed by atoms with Gasteiger partial charge in [-0.15, -0.1) is 0 Å². The number of hydrogen-bond acceptors (Lipinski definition) is 6. The molecule has 0 amide bonds. The lowest BCUT2D eigenvalue weighted by Crippen LogP contribution is -2.39. The summed E-state index contributed by atoms with van der Waals surface area (Å²) in [5.74, 6) is 0.635. The first-order chi connectivity index (χ1) is 7.15. The normalized spacial score (nSPS) is 14.7. The highest BCUT2D eigenvalue weighted by Crippen LogP contribution is 2.06. The molecule has 2 unspecified atom stereocenters. The first-order valence-corrected chi connectivity index (χ1v) is 5.99. The molecule has 0 bridgehead atoms. The van der Waals surface area contributed by atoms with Gasteiger partial charge in [0.2, 0.25) is 0 Å². The highest BCUT2D eigenvalue weighted by atomic mass is 32.2. The number of carbonyl (C=O) groups excluding carboxylic acids is 1. The summed E-state index contributed by atoms with van der Waals surface area (Å²) in [6.07, 6.45) is -0.727. The van der Waals surface area contributed by atoms with E-state index in [0.717, 1.165) is 0 Å². The molecule has 0 heterocycles. The van der Waals surface area contributed by atoms with Crippen molar-refractivity contribution in [1.29, 1.82) is 0 Å². The SMILES string of the molecule is CCNC(CSCC(O)CO)C(=O)OC. The number of carbonyl (C=O) groups is 1. The van der Waals surface area contributed by atoms with Crippen LogP contribution in [0.4, 0.5) is 0 Å². The monoisotopic (exact) mass is 237 g/mol. The van der Waals surface area contributed by atoms with Gasteiger partial charge in [0.15, 0.2) is 0 Å². The summed E-state index contributed by atoms with van der Waals surface area (Å²) in [6.45, 7) is 2.34. The van der Waals surface area contributed by atoms with E-state index in [-0.39, 0.29) is 18.6 Å². The van der Waals surface area contributed by atoms with Gasteiger partial charge in [-0.05, 0) is 6.54 Å². The number of likely N-dealkylation sites (N-methyl/N-ethyl adjacent to an activating group) is 1. The maximum Gasteiger partial charge on any atom is 0.323 e. The van der Waals surface area contributed by atoms with E-state index in [1.54, 1.807) is 0 Å². The molecule has 0 spiro atoms. The van der Waals surface area contributed by atoms with Crippen LogP contribution in [0.25, 0.3) is 0 Å². The Morgan fingerprint density at radius 3 is 2.67 bits per heavy atom. The number of hydrogen-bond donors (Lipinski definition) is 3. The van der Waals surface area contributed by atoms with Crippen molar-refractivity contribution in [3.05, 3.63) is 0 Å². The Kier molecular flexibility index (Phi) is 8.79. The molecule has 0 aromatic heterocycles. The average molecular weight is 237 g/mol. The molecular weight excluding hydrogens is 218 g/mol. The Hall–Kier alpha value is -0.300. The fraction of sp³-hybridized carbons (Fsp3) is 0.889. The summed E-state index contributed by atoms with van der Waals surface area (Å²) in [7, 11) is 1.35. The van der Waals surface area contributed by atoms with E-state index in [2.05, 4.69) is 10.1 Å². The van der Waals surface area contributed by atoms with Gasteiger partial charge in [0.25, 0.3) is 0 Å². The van der Waals surface area contributed by atoms with Gasteiger partial charge in [-0.25, -0.2) is 0 Å². The first kappa shape index (κ1) is 14.7. The number of ether oxygens (including phenoxy) is 1. The number of methoxy groups -OCH3 is 1. The second kappa shape index (κ2) is 8.96. The maximum absolute atomic E-state index is 11.2. The predicted octanol–water partition coefficient (Wildman–Crippen LogP) is -0.776. The van der Waals surface area contributed by atoms with Crippen LogP contribution in [-0.2, 0) is 9.53 Å². The summed E-state index contributed by atoms with van der Waals surface area (Å²) >= 11 is 1.40. The lowest BCUT2D eigenvalue weighted by Gasteiger charge is -2.15. The van der Waals surface area contributed by atoms with Gasteiger partial charge in [0.1, 0.15) is 6.04 Å². The van der Waals surface area contributed by atoms with E-state index in [1.807, 2.05) is 6.92 Å². The van der Waals surface area contributed by atoms with Crippen molar-refractivity contribution >= 4 is 17.7 Å². The molecule has 0 aliphatic carbocycles. The molecule has 0 aromatic carbocycles. The van der Waals surface area contributed by atoms with Crippen molar-refractivity contribution in [3.63, 3.8) is 0 Å². The first-order valence-electron chi connectivity index (χ1n) is 4.83. The van der Waals surface area contributed by atoms with E-state index < -0.39 is 6.10 Å². The smallest absolute Gasteiger partial charge is 0.323 e. The minimum absolute atomic E-state index is 0.253. The molecule has 0 radical (unpaired) electrons. The molecule has 0 aromatic rings. The van der Waals surface area contributed by atoms with E-state index in [4.69, 9.17) is 10.2 Å². The topological polar surface area (TPSA) is 78.8 Å². The van der Waals surface area contributed by atoms with Crippen molar-refractivity contribution in [2.24, 2.45) is 0 Å². The third-order valence-electron chi connectivity index (χ3n) is 1.74. The summed E-state index contributed by atoms with van der Waals surface area (Å²) < 4.78 is 4.62. The van der Waals surface area contributed by atoms with Gasteiger partial charge < -0.3 is 20.3 Å². The van der Waals surface area contributed by atoms with Gasteiger partial charge in [0, 0.05) is 11.5 Å². The second-order valence-electron chi connectivity index (χ2n) is 3.01. The van der Waals surface area contributed by atoms with Gasteiger partial charge >= 0.3 is 5.97 Å². The minimum atomic E-state index is -0.727. The lowest BCUT2D eigenvalue weighted by atomic mass is 10.3. The van der Waals surface area contributed by atoms with Crippen LogP contribution in [0.2, 0.25) is 0 Å². The zero-order valence-corrected chi connectivity index (χ0v) is 9.92.